The van der Waals surface area contributed by atoms with Crippen LogP contribution in [0, 0.1) is 12.7 Å². The van der Waals surface area contributed by atoms with Crippen LogP contribution in [-0.2, 0) is 0 Å². The normalized spacial score (nSPS) is 10.6. The fraction of sp³-hybridized carbons (Fsp3) is 0.0625. The van der Waals surface area contributed by atoms with Crippen molar-refractivity contribution in [2.75, 3.05) is 11.1 Å². The number of hydrogen-bond donors (Lipinski definition) is 2. The molecule has 0 aliphatic carbocycles. The number of aromatic nitrogens is 1. The van der Waals surface area contributed by atoms with Crippen molar-refractivity contribution in [3.05, 3.63) is 60.1 Å². The van der Waals surface area contributed by atoms with Gasteiger partial charge < -0.3 is 15.5 Å². The van der Waals surface area contributed by atoms with Crippen molar-refractivity contribution in [1.29, 1.82) is 0 Å². The zero-order valence-electron chi connectivity index (χ0n) is 11.4. The molecule has 3 N–H and O–H groups in total. The van der Waals surface area contributed by atoms with Crippen LogP contribution in [0.4, 0.5) is 21.8 Å². The zero-order chi connectivity index (χ0) is 14.8. The standard InChI is InChI=1S/C16H14FN3O/c1-10-7-11(5-6-14(10)17)15-9-21-16(20-15)19-13-4-2-3-12(18)8-13/h2-9H,18H2,1H3,(H,19,20). The minimum absolute atomic E-state index is 0.236. The van der Waals surface area contributed by atoms with E-state index < -0.39 is 0 Å². The average molecular weight is 283 g/mol. The molecule has 1 aromatic heterocycles. The first-order chi connectivity index (χ1) is 10.1. The summed E-state index contributed by atoms with van der Waals surface area (Å²) in [6, 6.07) is 12.5. The van der Waals surface area contributed by atoms with Crippen LogP contribution in [0.1, 0.15) is 5.56 Å². The maximum Gasteiger partial charge on any atom is 0.299 e. The molecule has 5 heteroatoms. The van der Waals surface area contributed by atoms with Crippen LogP contribution in [0.2, 0.25) is 0 Å². The number of rotatable bonds is 3. The Labute approximate surface area is 121 Å². The Morgan fingerprint density at radius 3 is 2.81 bits per heavy atom. The van der Waals surface area contributed by atoms with Gasteiger partial charge in [0.2, 0.25) is 0 Å². The fourth-order valence-corrected chi connectivity index (χ4v) is 2.01. The SMILES string of the molecule is Cc1cc(-c2coc(Nc3cccc(N)c3)n2)ccc1F. The molecule has 0 aliphatic rings. The second-order valence-electron chi connectivity index (χ2n) is 4.75. The Balaban J connectivity index is 1.84. The van der Waals surface area contributed by atoms with Crippen molar-refractivity contribution in [2.45, 2.75) is 6.92 Å². The van der Waals surface area contributed by atoms with E-state index in [1.807, 2.05) is 12.1 Å². The number of nitrogens with zero attached hydrogens (tertiary/aromatic N) is 1. The third-order valence-electron chi connectivity index (χ3n) is 3.10. The van der Waals surface area contributed by atoms with Crippen LogP contribution in [-0.4, -0.2) is 4.98 Å². The lowest BCUT2D eigenvalue weighted by atomic mass is 10.1. The number of anilines is 3. The van der Waals surface area contributed by atoms with Crippen molar-refractivity contribution in [1.82, 2.24) is 4.98 Å². The average Bonchev–Trinajstić information content (AvgIpc) is 2.90. The molecule has 0 saturated heterocycles. The summed E-state index contributed by atoms with van der Waals surface area (Å²) in [7, 11) is 0. The van der Waals surface area contributed by atoms with Crippen molar-refractivity contribution in [2.24, 2.45) is 0 Å². The molecule has 0 amide bonds. The Hall–Kier alpha value is -2.82. The van der Waals surface area contributed by atoms with E-state index in [0.29, 0.717) is 23.0 Å². The summed E-state index contributed by atoms with van der Waals surface area (Å²) >= 11 is 0. The maximum atomic E-state index is 13.3. The van der Waals surface area contributed by atoms with Gasteiger partial charge in [-0.25, -0.2) is 4.39 Å². The second-order valence-corrected chi connectivity index (χ2v) is 4.75. The molecule has 0 spiro atoms. The fourth-order valence-electron chi connectivity index (χ4n) is 2.01. The van der Waals surface area contributed by atoms with E-state index in [1.54, 1.807) is 31.2 Å². The molecule has 21 heavy (non-hydrogen) atoms. The van der Waals surface area contributed by atoms with E-state index in [1.165, 1.54) is 12.3 Å². The summed E-state index contributed by atoms with van der Waals surface area (Å²) in [6.45, 7) is 1.71. The smallest absolute Gasteiger partial charge is 0.299 e. The molecule has 0 fully saturated rings. The van der Waals surface area contributed by atoms with Gasteiger partial charge in [0, 0.05) is 16.9 Å². The van der Waals surface area contributed by atoms with Crippen LogP contribution >= 0.6 is 0 Å². The predicted molar refractivity (Wildman–Crippen MR) is 80.8 cm³/mol. The topological polar surface area (TPSA) is 64.1 Å². The molecule has 1 heterocycles. The summed E-state index contributed by atoms with van der Waals surface area (Å²) in [5, 5.41) is 3.03. The van der Waals surface area contributed by atoms with Gasteiger partial charge in [-0.1, -0.05) is 6.07 Å². The van der Waals surface area contributed by atoms with Gasteiger partial charge >= 0.3 is 0 Å². The van der Waals surface area contributed by atoms with Gasteiger partial charge in [-0.3, -0.25) is 0 Å². The molecule has 0 atom stereocenters. The van der Waals surface area contributed by atoms with E-state index in [0.717, 1.165) is 11.3 Å². The number of halogens is 1. The van der Waals surface area contributed by atoms with Crippen molar-refractivity contribution in [3.8, 4) is 11.3 Å². The first kappa shape index (κ1) is 13.2. The molecule has 0 unspecified atom stereocenters. The summed E-state index contributed by atoms with van der Waals surface area (Å²) < 4.78 is 18.7. The highest BCUT2D eigenvalue weighted by atomic mass is 19.1. The summed E-state index contributed by atoms with van der Waals surface area (Å²) in [4.78, 5) is 4.34. The largest absolute Gasteiger partial charge is 0.431 e. The third-order valence-corrected chi connectivity index (χ3v) is 3.10. The van der Waals surface area contributed by atoms with Crippen molar-refractivity contribution in [3.63, 3.8) is 0 Å². The van der Waals surface area contributed by atoms with Gasteiger partial charge in [0.15, 0.2) is 0 Å². The number of benzene rings is 2. The molecule has 0 saturated carbocycles. The van der Waals surface area contributed by atoms with Crippen LogP contribution in [0.25, 0.3) is 11.3 Å². The molecule has 2 aromatic carbocycles. The van der Waals surface area contributed by atoms with Gasteiger partial charge in [-0.05, 0) is 48.9 Å². The van der Waals surface area contributed by atoms with Crippen LogP contribution in [0.3, 0.4) is 0 Å². The van der Waals surface area contributed by atoms with E-state index in [9.17, 15) is 4.39 Å². The van der Waals surface area contributed by atoms with E-state index in [4.69, 9.17) is 10.2 Å². The highest BCUT2D eigenvalue weighted by Crippen LogP contribution is 2.25. The Morgan fingerprint density at radius 1 is 1.19 bits per heavy atom. The third kappa shape index (κ3) is 2.86. The van der Waals surface area contributed by atoms with Crippen LogP contribution in [0.5, 0.6) is 0 Å². The van der Waals surface area contributed by atoms with Gasteiger partial charge in [0.05, 0.1) is 0 Å². The van der Waals surface area contributed by atoms with Crippen LogP contribution in [0.15, 0.2) is 53.1 Å². The van der Waals surface area contributed by atoms with Gasteiger partial charge in [-0.2, -0.15) is 4.98 Å². The lowest BCUT2D eigenvalue weighted by molar-refractivity contribution is 0.578. The number of nitrogen functional groups attached to an aromatic ring is 1. The number of nitrogens with one attached hydrogen (secondary N) is 1. The predicted octanol–water partition coefficient (Wildman–Crippen LogP) is 4.11. The lowest BCUT2D eigenvalue weighted by Crippen LogP contribution is -1.92. The number of oxazole rings is 1. The molecule has 0 radical (unpaired) electrons. The Kier molecular flexibility index (Phi) is 3.31. The Morgan fingerprint density at radius 2 is 2.05 bits per heavy atom. The summed E-state index contributed by atoms with van der Waals surface area (Å²) in [5.41, 5.74) is 9.17. The quantitative estimate of drug-likeness (QED) is 0.710. The number of nitrogens with two attached hydrogens (primary N) is 1. The van der Waals surface area contributed by atoms with E-state index in [2.05, 4.69) is 10.3 Å². The first-order valence-electron chi connectivity index (χ1n) is 6.46. The summed E-state index contributed by atoms with van der Waals surface area (Å²) in [6.07, 6.45) is 1.53. The number of hydrogen-bond acceptors (Lipinski definition) is 4. The second kappa shape index (κ2) is 5.28. The maximum absolute atomic E-state index is 13.3. The van der Waals surface area contributed by atoms with E-state index in [-0.39, 0.29) is 5.82 Å². The Bertz CT molecular complexity index is 783. The molecule has 3 aromatic rings. The lowest BCUT2D eigenvalue weighted by Gasteiger charge is -2.02. The highest BCUT2D eigenvalue weighted by Gasteiger charge is 2.08. The van der Waals surface area contributed by atoms with E-state index >= 15 is 0 Å². The minimum Gasteiger partial charge on any atom is -0.431 e. The van der Waals surface area contributed by atoms with Gasteiger partial charge in [0.1, 0.15) is 17.8 Å². The molecule has 106 valence electrons. The zero-order valence-corrected chi connectivity index (χ0v) is 11.4. The monoisotopic (exact) mass is 283 g/mol. The van der Waals surface area contributed by atoms with Crippen LogP contribution < -0.4 is 11.1 Å². The van der Waals surface area contributed by atoms with Gasteiger partial charge in [-0.15, -0.1) is 0 Å². The molecule has 3 rings (SSSR count). The molecule has 4 nitrogen and oxygen atoms in total. The molecule has 0 aliphatic heterocycles. The van der Waals surface area contributed by atoms with Gasteiger partial charge in [0.25, 0.3) is 6.01 Å². The van der Waals surface area contributed by atoms with Crippen molar-refractivity contribution >= 4 is 17.4 Å². The molecular formula is C16H14FN3O. The molecule has 0 bridgehead atoms. The highest BCUT2D eigenvalue weighted by molar-refractivity contribution is 5.63. The minimum atomic E-state index is -0.236. The molecular weight excluding hydrogens is 269 g/mol. The summed E-state index contributed by atoms with van der Waals surface area (Å²) in [5.74, 6) is -0.236. The first-order valence-corrected chi connectivity index (χ1v) is 6.46. The van der Waals surface area contributed by atoms with Crippen molar-refractivity contribution < 1.29 is 8.81 Å². The number of aryl methyl sites for hydroxylation is 1.